The summed E-state index contributed by atoms with van der Waals surface area (Å²) < 4.78 is 0. The van der Waals surface area contributed by atoms with Gasteiger partial charge in [0.2, 0.25) is 0 Å². The molecule has 1 aromatic heterocycles. The molecule has 0 amide bonds. The predicted molar refractivity (Wildman–Crippen MR) is 123 cm³/mol. The van der Waals surface area contributed by atoms with E-state index in [-0.39, 0.29) is 5.41 Å². The van der Waals surface area contributed by atoms with Gasteiger partial charge in [-0.2, -0.15) is 0 Å². The van der Waals surface area contributed by atoms with Crippen LogP contribution in [0.4, 0.5) is 0 Å². The van der Waals surface area contributed by atoms with Crippen molar-refractivity contribution in [2.45, 2.75) is 77.7 Å². The Morgan fingerprint density at radius 1 is 0.935 bits per heavy atom. The van der Waals surface area contributed by atoms with Gasteiger partial charge in [-0.1, -0.05) is 44.2 Å². The third kappa shape index (κ3) is 2.74. The first-order valence-corrected chi connectivity index (χ1v) is 12.4. The highest BCUT2D eigenvalue weighted by Crippen LogP contribution is 2.67. The van der Waals surface area contributed by atoms with Crippen LogP contribution >= 0.6 is 0 Å². The Hall–Kier alpha value is -1.74. The number of fused-ring (bicyclic) bond motifs is 6. The Balaban J connectivity index is 1.32. The van der Waals surface area contributed by atoms with Crippen LogP contribution in [0.5, 0.6) is 0 Å². The van der Waals surface area contributed by atoms with Gasteiger partial charge in [0.05, 0.1) is 5.60 Å². The number of hydrogen-bond acceptors (Lipinski definition) is 3. The smallest absolute Gasteiger partial charge is 0.159 e. The second-order valence-electron chi connectivity index (χ2n) is 11.8. The van der Waals surface area contributed by atoms with Crippen molar-refractivity contribution in [3.63, 3.8) is 0 Å². The summed E-state index contributed by atoms with van der Waals surface area (Å²) in [5.74, 6) is 3.85. The van der Waals surface area contributed by atoms with Gasteiger partial charge in [0, 0.05) is 17.5 Å². The summed E-state index contributed by atoms with van der Waals surface area (Å²) >= 11 is 0. The Labute approximate surface area is 186 Å². The number of aliphatic hydroxyl groups is 1. The Bertz CT molecular complexity index is 1000. The average Bonchev–Trinajstić information content (AvgIpc) is 3.01. The SMILES string of the molecule is C[C@]12Cc3cnc(-c4ccccc4)nc3C[C@@H]1CC[C@H]1[C@@H]2CC[C@@]2(C)[C@H]1CC[C@@]2(C)O. The van der Waals surface area contributed by atoms with Crippen LogP contribution in [-0.4, -0.2) is 20.7 Å². The van der Waals surface area contributed by atoms with Gasteiger partial charge in [0.25, 0.3) is 0 Å². The van der Waals surface area contributed by atoms with Gasteiger partial charge < -0.3 is 5.11 Å². The van der Waals surface area contributed by atoms with Gasteiger partial charge in [-0.25, -0.2) is 9.97 Å². The second kappa shape index (κ2) is 6.63. The Morgan fingerprint density at radius 2 is 1.71 bits per heavy atom. The zero-order valence-corrected chi connectivity index (χ0v) is 19.3. The lowest BCUT2D eigenvalue weighted by atomic mass is 9.44. The van der Waals surface area contributed by atoms with E-state index in [1.807, 2.05) is 6.07 Å². The van der Waals surface area contributed by atoms with E-state index >= 15 is 0 Å². The van der Waals surface area contributed by atoms with Crippen LogP contribution in [0.1, 0.15) is 70.6 Å². The van der Waals surface area contributed by atoms with Crippen molar-refractivity contribution in [2.24, 2.45) is 34.5 Å². The van der Waals surface area contributed by atoms with Crippen molar-refractivity contribution in [3.05, 3.63) is 47.8 Å². The molecule has 31 heavy (non-hydrogen) atoms. The number of rotatable bonds is 1. The minimum absolute atomic E-state index is 0.109. The molecule has 0 unspecified atom stereocenters. The third-order valence-electron chi connectivity index (χ3n) is 10.6. The van der Waals surface area contributed by atoms with Crippen molar-refractivity contribution >= 4 is 0 Å². The fourth-order valence-corrected chi connectivity index (χ4v) is 8.53. The Kier molecular flexibility index (Phi) is 4.26. The second-order valence-corrected chi connectivity index (χ2v) is 11.8. The minimum Gasteiger partial charge on any atom is -0.390 e. The van der Waals surface area contributed by atoms with Gasteiger partial charge in [0.1, 0.15) is 0 Å². The van der Waals surface area contributed by atoms with Crippen molar-refractivity contribution in [2.75, 3.05) is 0 Å². The number of nitrogens with zero attached hydrogens (tertiary/aromatic N) is 2. The van der Waals surface area contributed by atoms with E-state index in [2.05, 4.69) is 51.2 Å². The quantitative estimate of drug-likeness (QED) is 0.634. The van der Waals surface area contributed by atoms with Crippen molar-refractivity contribution in [3.8, 4) is 11.4 Å². The van der Waals surface area contributed by atoms with E-state index in [1.165, 1.54) is 43.4 Å². The van der Waals surface area contributed by atoms with Crippen LogP contribution in [0, 0.1) is 34.5 Å². The molecule has 0 bridgehead atoms. The number of benzene rings is 1. The third-order valence-corrected chi connectivity index (χ3v) is 10.6. The summed E-state index contributed by atoms with van der Waals surface area (Å²) in [5.41, 5.74) is 3.76. The molecule has 4 aliphatic carbocycles. The highest BCUT2D eigenvalue weighted by atomic mass is 16.3. The number of aromatic nitrogens is 2. The maximum atomic E-state index is 11.2. The molecular weight excluding hydrogens is 380 g/mol. The molecule has 3 nitrogen and oxygen atoms in total. The molecule has 0 spiro atoms. The lowest BCUT2D eigenvalue weighted by molar-refractivity contribution is -0.139. The summed E-state index contributed by atoms with van der Waals surface area (Å²) in [5, 5.41) is 11.2. The van der Waals surface area contributed by atoms with Gasteiger partial charge in [-0.3, -0.25) is 0 Å². The maximum absolute atomic E-state index is 11.2. The highest BCUT2D eigenvalue weighted by molar-refractivity contribution is 5.55. The largest absolute Gasteiger partial charge is 0.390 e. The molecule has 7 atom stereocenters. The van der Waals surface area contributed by atoms with Gasteiger partial charge >= 0.3 is 0 Å². The van der Waals surface area contributed by atoms with E-state index < -0.39 is 5.60 Å². The molecule has 3 fully saturated rings. The molecule has 2 aromatic rings. The first-order chi connectivity index (χ1) is 14.8. The van der Waals surface area contributed by atoms with Crippen LogP contribution in [-0.2, 0) is 12.8 Å². The number of hydrogen-bond donors (Lipinski definition) is 1. The molecule has 4 aliphatic rings. The molecule has 3 heteroatoms. The van der Waals surface area contributed by atoms with E-state index in [0.29, 0.717) is 11.3 Å². The van der Waals surface area contributed by atoms with Crippen LogP contribution in [0.3, 0.4) is 0 Å². The molecule has 6 rings (SSSR count). The lowest BCUT2D eigenvalue weighted by Crippen LogP contribution is -2.56. The monoisotopic (exact) mass is 416 g/mol. The summed E-state index contributed by atoms with van der Waals surface area (Å²) in [7, 11) is 0. The van der Waals surface area contributed by atoms with Gasteiger partial charge in [0.15, 0.2) is 5.82 Å². The fraction of sp³-hybridized carbons (Fsp3) is 0.643. The zero-order valence-electron chi connectivity index (χ0n) is 19.3. The molecule has 3 saturated carbocycles. The minimum atomic E-state index is -0.485. The standard InChI is InChI=1S/C28H36N2O/c1-26-16-19-17-29-25(18-7-5-4-6-8-18)30-24(19)15-20(26)9-10-21-22(26)11-13-27(2)23(21)12-14-28(27,3)31/h4-8,17,20-23,31H,9-16H2,1-3H3/t20-,21-,22-,23-,26-,27-,28+/m0/s1. The summed E-state index contributed by atoms with van der Waals surface area (Å²) in [6, 6.07) is 10.4. The average molecular weight is 417 g/mol. The molecule has 1 heterocycles. The fourth-order valence-electron chi connectivity index (χ4n) is 8.53. The summed E-state index contributed by atoms with van der Waals surface area (Å²) in [6.07, 6.45) is 11.7. The van der Waals surface area contributed by atoms with Crippen molar-refractivity contribution < 1.29 is 5.11 Å². The topological polar surface area (TPSA) is 46.0 Å². The lowest BCUT2D eigenvalue weighted by Gasteiger charge is -2.61. The Morgan fingerprint density at radius 3 is 2.52 bits per heavy atom. The van der Waals surface area contributed by atoms with Crippen molar-refractivity contribution in [1.82, 2.24) is 9.97 Å². The first-order valence-electron chi connectivity index (χ1n) is 12.4. The molecule has 164 valence electrons. The van der Waals surface area contributed by atoms with E-state index in [4.69, 9.17) is 9.97 Å². The predicted octanol–water partition coefficient (Wildman–Crippen LogP) is 5.85. The maximum Gasteiger partial charge on any atom is 0.159 e. The van der Waals surface area contributed by atoms with E-state index in [0.717, 1.165) is 48.4 Å². The van der Waals surface area contributed by atoms with Crippen LogP contribution in [0.2, 0.25) is 0 Å². The molecule has 0 radical (unpaired) electrons. The van der Waals surface area contributed by atoms with Gasteiger partial charge in [-0.15, -0.1) is 0 Å². The highest BCUT2D eigenvalue weighted by Gasteiger charge is 2.63. The zero-order chi connectivity index (χ0) is 21.4. The molecule has 0 saturated heterocycles. The first kappa shape index (κ1) is 19.9. The molecule has 1 aromatic carbocycles. The van der Waals surface area contributed by atoms with Crippen LogP contribution in [0.15, 0.2) is 36.5 Å². The molecule has 0 aliphatic heterocycles. The van der Waals surface area contributed by atoms with E-state index in [9.17, 15) is 5.11 Å². The van der Waals surface area contributed by atoms with Crippen molar-refractivity contribution in [1.29, 1.82) is 0 Å². The van der Waals surface area contributed by atoms with E-state index in [1.54, 1.807) is 0 Å². The van der Waals surface area contributed by atoms with Gasteiger partial charge in [-0.05, 0) is 98.4 Å². The summed E-state index contributed by atoms with van der Waals surface area (Å²) in [4.78, 5) is 9.82. The summed E-state index contributed by atoms with van der Waals surface area (Å²) in [6.45, 7) is 7.09. The normalized spacial score (nSPS) is 43.5. The molecular formula is C28H36N2O. The van der Waals surface area contributed by atoms with Crippen LogP contribution in [0.25, 0.3) is 11.4 Å². The van der Waals surface area contributed by atoms with Crippen LogP contribution < -0.4 is 0 Å². The molecule has 1 N–H and O–H groups in total.